The highest BCUT2D eigenvalue weighted by atomic mass is 16.3. The molecule has 0 aliphatic rings. The minimum Gasteiger partial charge on any atom is -0.508 e. The highest BCUT2D eigenvalue weighted by Crippen LogP contribution is 1.90. The van der Waals surface area contributed by atoms with Crippen LogP contribution in [-0.2, 0) is 0 Å². The van der Waals surface area contributed by atoms with Crippen molar-refractivity contribution in [1.29, 1.82) is 0 Å². The van der Waals surface area contributed by atoms with E-state index >= 15 is 0 Å². The molecule has 0 aliphatic carbocycles. The zero-order chi connectivity index (χ0) is 9.82. The Hall–Kier alpha value is -1.02. The molecule has 0 heterocycles. The van der Waals surface area contributed by atoms with Crippen LogP contribution in [0.25, 0.3) is 0 Å². The molecule has 0 fully saturated rings. The van der Waals surface area contributed by atoms with Crippen LogP contribution in [0.3, 0.4) is 0 Å². The molecule has 0 saturated heterocycles. The standard InChI is InChI=1S/C8H12O.C2H7N/c1-3-5-7-8(9)6-4-2;1-3-2/h3-7,9H,1-2H3;3H,1-2H3/b5-3+,6-4-,8-7+;. The van der Waals surface area contributed by atoms with Gasteiger partial charge in [-0.15, -0.1) is 0 Å². The van der Waals surface area contributed by atoms with Crippen LogP contribution < -0.4 is 5.32 Å². The maximum absolute atomic E-state index is 8.90. The first-order chi connectivity index (χ1) is 5.72. The molecule has 0 saturated carbocycles. The van der Waals surface area contributed by atoms with E-state index in [4.69, 9.17) is 5.11 Å². The van der Waals surface area contributed by atoms with Gasteiger partial charge in [0.2, 0.25) is 0 Å². The quantitative estimate of drug-likeness (QED) is 0.491. The first-order valence-corrected chi connectivity index (χ1v) is 3.96. The van der Waals surface area contributed by atoms with Crippen LogP contribution in [0.2, 0.25) is 0 Å². The van der Waals surface area contributed by atoms with Crippen LogP contribution in [0.4, 0.5) is 0 Å². The Morgan fingerprint density at radius 1 is 1.17 bits per heavy atom. The summed E-state index contributed by atoms with van der Waals surface area (Å²) in [4.78, 5) is 0. The summed E-state index contributed by atoms with van der Waals surface area (Å²) in [5.74, 6) is 0.288. The molecule has 0 rings (SSSR count). The Balaban J connectivity index is 0. The predicted octanol–water partition coefficient (Wildman–Crippen LogP) is 2.42. The topological polar surface area (TPSA) is 32.3 Å². The summed E-state index contributed by atoms with van der Waals surface area (Å²) >= 11 is 0. The minimum atomic E-state index is 0.288. The van der Waals surface area contributed by atoms with E-state index < -0.39 is 0 Å². The van der Waals surface area contributed by atoms with Gasteiger partial charge in [0.1, 0.15) is 5.76 Å². The van der Waals surface area contributed by atoms with Crippen molar-refractivity contribution < 1.29 is 5.11 Å². The van der Waals surface area contributed by atoms with Crippen LogP contribution in [0, 0.1) is 0 Å². The van der Waals surface area contributed by atoms with Gasteiger partial charge in [0.05, 0.1) is 0 Å². The Morgan fingerprint density at radius 3 is 2.00 bits per heavy atom. The maximum Gasteiger partial charge on any atom is 0.115 e. The number of hydrogen-bond donors (Lipinski definition) is 2. The van der Waals surface area contributed by atoms with Gasteiger partial charge in [-0.05, 0) is 40.1 Å². The minimum absolute atomic E-state index is 0.288. The number of aliphatic hydroxyl groups is 1. The Labute approximate surface area is 75.3 Å². The van der Waals surface area contributed by atoms with E-state index in [0.717, 1.165) is 0 Å². The van der Waals surface area contributed by atoms with E-state index in [-0.39, 0.29) is 5.76 Å². The van der Waals surface area contributed by atoms with E-state index in [1.165, 1.54) is 0 Å². The van der Waals surface area contributed by atoms with E-state index in [9.17, 15) is 0 Å². The largest absolute Gasteiger partial charge is 0.508 e. The number of rotatable bonds is 2. The average Bonchev–Trinajstić information content (AvgIpc) is 2.03. The van der Waals surface area contributed by atoms with Crippen molar-refractivity contribution in [2.45, 2.75) is 13.8 Å². The van der Waals surface area contributed by atoms with Crippen molar-refractivity contribution in [2.24, 2.45) is 0 Å². The van der Waals surface area contributed by atoms with E-state index in [2.05, 4.69) is 5.32 Å². The van der Waals surface area contributed by atoms with Crippen LogP contribution in [-0.4, -0.2) is 19.2 Å². The lowest BCUT2D eigenvalue weighted by Crippen LogP contribution is -1.89. The summed E-state index contributed by atoms with van der Waals surface area (Å²) in [6, 6.07) is 0. The van der Waals surface area contributed by atoms with E-state index in [1.807, 2.05) is 34.0 Å². The van der Waals surface area contributed by atoms with Crippen molar-refractivity contribution in [3.05, 3.63) is 36.1 Å². The van der Waals surface area contributed by atoms with Crippen LogP contribution >= 0.6 is 0 Å². The normalized spacial score (nSPS) is 11.8. The SMILES string of the molecule is CNC.C\C=C/C(O)=C\C=C\C. The summed E-state index contributed by atoms with van der Waals surface area (Å²) in [5, 5.41) is 11.7. The number of aliphatic hydroxyl groups excluding tert-OH is 1. The second kappa shape index (κ2) is 12.6. The van der Waals surface area contributed by atoms with Crippen molar-refractivity contribution in [1.82, 2.24) is 5.32 Å². The second-order valence-electron chi connectivity index (χ2n) is 2.12. The lowest BCUT2D eigenvalue weighted by atomic mass is 10.4. The van der Waals surface area contributed by atoms with Crippen LogP contribution in [0.1, 0.15) is 13.8 Å². The second-order valence-corrected chi connectivity index (χ2v) is 2.12. The zero-order valence-electron chi connectivity index (χ0n) is 8.33. The smallest absolute Gasteiger partial charge is 0.115 e. The third-order valence-corrected chi connectivity index (χ3v) is 0.797. The van der Waals surface area contributed by atoms with E-state index in [1.54, 1.807) is 24.3 Å². The van der Waals surface area contributed by atoms with Gasteiger partial charge in [0, 0.05) is 0 Å². The van der Waals surface area contributed by atoms with Gasteiger partial charge in [-0.1, -0.05) is 18.2 Å². The molecular weight excluding hydrogens is 150 g/mol. The van der Waals surface area contributed by atoms with E-state index in [0.29, 0.717) is 0 Å². The molecular formula is C10H19NO. The highest BCUT2D eigenvalue weighted by Gasteiger charge is 1.75. The third kappa shape index (κ3) is 16.0. The molecule has 0 amide bonds. The summed E-state index contributed by atoms with van der Waals surface area (Å²) in [6.07, 6.45) is 8.71. The van der Waals surface area contributed by atoms with Crippen molar-refractivity contribution in [3.63, 3.8) is 0 Å². The van der Waals surface area contributed by atoms with Crippen LogP contribution in [0.5, 0.6) is 0 Å². The molecule has 0 aromatic carbocycles. The molecule has 2 heteroatoms. The van der Waals surface area contributed by atoms with Gasteiger partial charge in [0.15, 0.2) is 0 Å². The molecule has 70 valence electrons. The molecule has 12 heavy (non-hydrogen) atoms. The first kappa shape index (κ1) is 13.6. The van der Waals surface area contributed by atoms with Crippen LogP contribution in [0.15, 0.2) is 36.1 Å². The predicted molar refractivity (Wildman–Crippen MR) is 55.3 cm³/mol. The van der Waals surface area contributed by atoms with Gasteiger partial charge >= 0.3 is 0 Å². The molecule has 0 spiro atoms. The van der Waals surface area contributed by atoms with Gasteiger partial charge < -0.3 is 10.4 Å². The number of nitrogens with one attached hydrogen (secondary N) is 1. The van der Waals surface area contributed by atoms with Gasteiger partial charge in [0.25, 0.3) is 0 Å². The van der Waals surface area contributed by atoms with Crippen molar-refractivity contribution in [3.8, 4) is 0 Å². The Morgan fingerprint density at radius 2 is 1.67 bits per heavy atom. The molecule has 2 nitrogen and oxygen atoms in total. The third-order valence-electron chi connectivity index (χ3n) is 0.797. The summed E-state index contributed by atoms with van der Waals surface area (Å²) in [6.45, 7) is 3.76. The fourth-order valence-electron chi connectivity index (χ4n) is 0.421. The van der Waals surface area contributed by atoms with Gasteiger partial charge in [-0.25, -0.2) is 0 Å². The number of hydrogen-bond acceptors (Lipinski definition) is 2. The molecule has 0 bridgehead atoms. The summed E-state index contributed by atoms with van der Waals surface area (Å²) in [5.41, 5.74) is 0. The van der Waals surface area contributed by atoms with Crippen molar-refractivity contribution >= 4 is 0 Å². The molecule has 0 unspecified atom stereocenters. The highest BCUT2D eigenvalue weighted by molar-refractivity contribution is 5.15. The molecule has 0 aromatic rings. The number of allylic oxidation sites excluding steroid dienone is 5. The zero-order valence-corrected chi connectivity index (χ0v) is 8.33. The van der Waals surface area contributed by atoms with Gasteiger partial charge in [-0.2, -0.15) is 0 Å². The molecule has 0 radical (unpaired) electrons. The summed E-state index contributed by atoms with van der Waals surface area (Å²) in [7, 11) is 3.75. The maximum atomic E-state index is 8.90. The molecule has 0 aliphatic heterocycles. The first-order valence-electron chi connectivity index (χ1n) is 3.96. The van der Waals surface area contributed by atoms with Gasteiger partial charge in [-0.3, -0.25) is 0 Å². The lowest BCUT2D eigenvalue weighted by molar-refractivity contribution is 0.432. The average molecular weight is 169 g/mol. The molecule has 0 aromatic heterocycles. The lowest BCUT2D eigenvalue weighted by Gasteiger charge is -1.83. The Bertz CT molecular complexity index is 157. The monoisotopic (exact) mass is 169 g/mol. The van der Waals surface area contributed by atoms with Crippen molar-refractivity contribution in [2.75, 3.05) is 14.1 Å². The fraction of sp³-hybridized carbons (Fsp3) is 0.400. The fourth-order valence-corrected chi connectivity index (χ4v) is 0.421. The summed E-state index contributed by atoms with van der Waals surface area (Å²) < 4.78 is 0. The molecule has 0 atom stereocenters. The Kier molecular flexibility index (Phi) is 14.3. The molecule has 2 N–H and O–H groups in total.